The number of benzene rings is 1. The number of hydrogen-bond donors (Lipinski definition) is 2. The number of primary amides is 1. The van der Waals surface area contributed by atoms with E-state index in [-0.39, 0.29) is 0 Å². The van der Waals surface area contributed by atoms with Crippen LogP contribution in [0.5, 0.6) is 0 Å². The van der Waals surface area contributed by atoms with Crippen molar-refractivity contribution in [1.29, 1.82) is 0 Å². The largest absolute Gasteiger partial charge is 0.398 e. The van der Waals surface area contributed by atoms with Gasteiger partial charge in [0.2, 0.25) is 5.91 Å². The first-order valence-electron chi connectivity index (χ1n) is 5.78. The highest BCUT2D eigenvalue weighted by Gasteiger charge is 2.11. The summed E-state index contributed by atoms with van der Waals surface area (Å²) < 4.78 is 2.87. The normalized spacial score (nSPS) is 10.7. The molecule has 6 heteroatoms. The Hall–Kier alpha value is -1.82. The van der Waals surface area contributed by atoms with Crippen LogP contribution in [0, 0.1) is 13.8 Å². The lowest BCUT2D eigenvalue weighted by Gasteiger charge is -2.09. The van der Waals surface area contributed by atoms with Crippen molar-refractivity contribution in [3.8, 4) is 0 Å². The van der Waals surface area contributed by atoms with E-state index >= 15 is 0 Å². The second-order valence-electron chi connectivity index (χ2n) is 4.42. The zero-order valence-corrected chi connectivity index (χ0v) is 12.4. The molecule has 19 heavy (non-hydrogen) atoms. The number of halogens is 1. The lowest BCUT2D eigenvalue weighted by atomic mass is 10.1. The lowest BCUT2D eigenvalue weighted by Crippen LogP contribution is -2.12. The van der Waals surface area contributed by atoms with Crippen molar-refractivity contribution in [2.24, 2.45) is 5.73 Å². The van der Waals surface area contributed by atoms with Crippen molar-refractivity contribution in [2.45, 2.75) is 20.4 Å². The second-order valence-corrected chi connectivity index (χ2v) is 5.21. The number of aromatic nitrogens is 2. The quantitative estimate of drug-likeness (QED) is 0.847. The van der Waals surface area contributed by atoms with Crippen molar-refractivity contribution in [1.82, 2.24) is 9.78 Å². The molecule has 1 heterocycles. The average Bonchev–Trinajstić information content (AvgIpc) is 2.59. The van der Waals surface area contributed by atoms with Gasteiger partial charge in [0.15, 0.2) is 0 Å². The van der Waals surface area contributed by atoms with Crippen molar-refractivity contribution in [3.05, 3.63) is 45.2 Å². The first kappa shape index (κ1) is 13.6. The van der Waals surface area contributed by atoms with Crippen molar-refractivity contribution < 1.29 is 4.79 Å². The van der Waals surface area contributed by atoms with Gasteiger partial charge in [0.05, 0.1) is 22.4 Å². The summed E-state index contributed by atoms with van der Waals surface area (Å²) in [5.41, 5.74) is 15.0. The Morgan fingerprint density at radius 3 is 2.58 bits per heavy atom. The fourth-order valence-corrected chi connectivity index (χ4v) is 2.17. The summed E-state index contributed by atoms with van der Waals surface area (Å²) in [5, 5.41) is 4.43. The molecule has 4 N–H and O–H groups in total. The molecule has 0 fully saturated rings. The molecule has 0 spiro atoms. The maximum Gasteiger partial charge on any atom is 0.248 e. The fraction of sp³-hybridized carbons (Fsp3) is 0.231. The molecule has 5 nitrogen and oxygen atoms in total. The van der Waals surface area contributed by atoms with Crippen LogP contribution in [0.3, 0.4) is 0 Å². The van der Waals surface area contributed by atoms with Gasteiger partial charge in [-0.2, -0.15) is 5.10 Å². The first-order chi connectivity index (χ1) is 8.90. The molecule has 0 aliphatic carbocycles. The number of nitrogens with zero attached hydrogens (tertiary/aromatic N) is 2. The van der Waals surface area contributed by atoms with Crippen LogP contribution in [0.4, 0.5) is 5.69 Å². The van der Waals surface area contributed by atoms with Gasteiger partial charge < -0.3 is 11.5 Å². The maximum absolute atomic E-state index is 11.1. The van der Waals surface area contributed by atoms with Crippen LogP contribution in [0.1, 0.15) is 27.3 Å². The summed E-state index contributed by atoms with van der Waals surface area (Å²) in [6, 6.07) is 5.08. The molecule has 0 saturated carbocycles. The summed E-state index contributed by atoms with van der Waals surface area (Å²) in [6.07, 6.45) is 0. The average molecular weight is 323 g/mol. The van der Waals surface area contributed by atoms with Crippen LogP contribution in [-0.2, 0) is 6.54 Å². The number of nitrogens with two attached hydrogens (primary N) is 2. The third-order valence-corrected chi connectivity index (χ3v) is 4.19. The number of carbonyl (C=O) groups excluding carboxylic acids is 1. The molecule has 0 aliphatic heterocycles. The predicted octanol–water partition coefficient (Wildman–Crippen LogP) is 1.99. The van der Waals surface area contributed by atoms with Crippen LogP contribution < -0.4 is 11.5 Å². The van der Waals surface area contributed by atoms with Crippen molar-refractivity contribution >= 4 is 27.5 Å². The van der Waals surface area contributed by atoms with Crippen molar-refractivity contribution in [3.63, 3.8) is 0 Å². The van der Waals surface area contributed by atoms with Gasteiger partial charge in [0.25, 0.3) is 0 Å². The minimum Gasteiger partial charge on any atom is -0.398 e. The van der Waals surface area contributed by atoms with E-state index in [0.717, 1.165) is 21.4 Å². The van der Waals surface area contributed by atoms with E-state index < -0.39 is 5.91 Å². The monoisotopic (exact) mass is 322 g/mol. The zero-order chi connectivity index (χ0) is 14.2. The molecule has 0 aliphatic rings. The van der Waals surface area contributed by atoms with E-state index in [1.807, 2.05) is 18.5 Å². The van der Waals surface area contributed by atoms with Gasteiger partial charge in [-0.1, -0.05) is 6.07 Å². The number of anilines is 1. The number of carbonyl (C=O) groups is 1. The number of rotatable bonds is 3. The van der Waals surface area contributed by atoms with E-state index in [9.17, 15) is 4.79 Å². The molecule has 2 rings (SSSR count). The highest BCUT2D eigenvalue weighted by Crippen LogP contribution is 2.22. The van der Waals surface area contributed by atoms with Crippen LogP contribution in [0.15, 0.2) is 22.7 Å². The second kappa shape index (κ2) is 5.05. The summed E-state index contributed by atoms with van der Waals surface area (Å²) in [7, 11) is 0. The van der Waals surface area contributed by atoms with Crippen LogP contribution in [-0.4, -0.2) is 15.7 Å². The molecule has 0 bridgehead atoms. The Morgan fingerprint density at radius 1 is 1.42 bits per heavy atom. The van der Waals surface area contributed by atoms with E-state index in [1.54, 1.807) is 18.2 Å². The van der Waals surface area contributed by atoms with Crippen LogP contribution >= 0.6 is 15.9 Å². The highest BCUT2D eigenvalue weighted by molar-refractivity contribution is 9.10. The molecule has 0 unspecified atom stereocenters. The Balaban J connectivity index is 2.33. The number of nitrogen functional groups attached to an aromatic ring is 1. The summed E-state index contributed by atoms with van der Waals surface area (Å²) >= 11 is 3.49. The summed E-state index contributed by atoms with van der Waals surface area (Å²) in [5.74, 6) is -0.480. The zero-order valence-electron chi connectivity index (χ0n) is 10.8. The van der Waals surface area contributed by atoms with Gasteiger partial charge in [-0.25, -0.2) is 0 Å². The Morgan fingerprint density at radius 2 is 2.11 bits per heavy atom. The Kier molecular flexibility index (Phi) is 3.61. The topological polar surface area (TPSA) is 86.9 Å². The smallest absolute Gasteiger partial charge is 0.248 e. The third kappa shape index (κ3) is 2.63. The standard InChI is InChI=1S/C13H15BrN4O/c1-7-12(14)8(2)18(17-7)6-10-4-3-9(13(16)19)5-11(10)15/h3-5H,6,15H2,1-2H3,(H2,16,19). The summed E-state index contributed by atoms with van der Waals surface area (Å²) in [6.45, 7) is 4.48. The number of hydrogen-bond acceptors (Lipinski definition) is 3. The molecule has 1 aromatic carbocycles. The molecule has 0 atom stereocenters. The molecule has 0 saturated heterocycles. The molecule has 100 valence electrons. The SMILES string of the molecule is Cc1nn(Cc2ccc(C(N)=O)cc2N)c(C)c1Br. The van der Waals surface area contributed by atoms with E-state index in [4.69, 9.17) is 11.5 Å². The predicted molar refractivity (Wildman–Crippen MR) is 77.9 cm³/mol. The van der Waals surface area contributed by atoms with Gasteiger partial charge in [0.1, 0.15) is 0 Å². The van der Waals surface area contributed by atoms with Crippen molar-refractivity contribution in [2.75, 3.05) is 5.73 Å². The minimum atomic E-state index is -0.480. The van der Waals surface area contributed by atoms with Gasteiger partial charge in [-0.05, 0) is 47.5 Å². The van der Waals surface area contributed by atoms with Gasteiger partial charge >= 0.3 is 0 Å². The van der Waals surface area contributed by atoms with Crippen LogP contribution in [0.25, 0.3) is 0 Å². The van der Waals surface area contributed by atoms with Gasteiger partial charge in [0, 0.05) is 11.3 Å². The number of aryl methyl sites for hydroxylation is 1. The number of amides is 1. The van der Waals surface area contributed by atoms with E-state index in [1.165, 1.54) is 0 Å². The van der Waals surface area contributed by atoms with Crippen LogP contribution in [0.2, 0.25) is 0 Å². The Bertz CT molecular complexity index is 648. The maximum atomic E-state index is 11.1. The minimum absolute atomic E-state index is 0.413. The first-order valence-corrected chi connectivity index (χ1v) is 6.57. The molecule has 2 aromatic rings. The Labute approximate surface area is 119 Å². The van der Waals surface area contributed by atoms with Gasteiger partial charge in [-0.3, -0.25) is 9.48 Å². The molecular formula is C13H15BrN4O. The van der Waals surface area contributed by atoms with Gasteiger partial charge in [-0.15, -0.1) is 0 Å². The lowest BCUT2D eigenvalue weighted by molar-refractivity contribution is 0.100. The molecule has 1 amide bonds. The highest BCUT2D eigenvalue weighted by atomic mass is 79.9. The summed E-state index contributed by atoms with van der Waals surface area (Å²) in [4.78, 5) is 11.1. The molecule has 1 aromatic heterocycles. The molecular weight excluding hydrogens is 308 g/mol. The third-order valence-electron chi connectivity index (χ3n) is 3.04. The fourth-order valence-electron chi connectivity index (χ4n) is 1.88. The van der Waals surface area contributed by atoms with E-state index in [0.29, 0.717) is 17.8 Å². The molecule has 0 radical (unpaired) electrons. The van der Waals surface area contributed by atoms with E-state index in [2.05, 4.69) is 21.0 Å².